The van der Waals surface area contributed by atoms with Gasteiger partial charge >= 0.3 is 6.18 Å². The lowest BCUT2D eigenvalue weighted by molar-refractivity contribution is -0.272. The molecule has 1 N–H and O–H groups in total. The van der Waals surface area contributed by atoms with Crippen LogP contribution in [0.25, 0.3) is 0 Å². The maximum absolute atomic E-state index is 12.8. The van der Waals surface area contributed by atoms with Crippen LogP contribution in [-0.4, -0.2) is 45.8 Å². The minimum atomic E-state index is -4.72. The molecule has 1 aromatic rings. The first kappa shape index (κ1) is 15.8. The van der Waals surface area contributed by atoms with Crippen molar-refractivity contribution < 1.29 is 23.1 Å². The summed E-state index contributed by atoms with van der Waals surface area (Å²) in [6, 6.07) is 5.30. The van der Waals surface area contributed by atoms with Crippen molar-refractivity contribution in [3.63, 3.8) is 0 Å². The number of carbonyl (C=O) groups excluding carboxylic acids is 1. The Morgan fingerprint density at radius 2 is 2.19 bits per heavy atom. The molecular formula is C14H17F3N2O2. The second-order valence-electron chi connectivity index (χ2n) is 5.27. The number of alkyl halides is 3. The standard InChI is InChI=1S/C14H17F3N2O2/c15-14(16,17)13(21)7-3-9-19(10-13)12(20)6-5-11-4-1-2-8-18-11/h1-2,4,8,21H,3,5-7,9-10H2/t13-/m1/s1. The number of aromatic nitrogens is 1. The highest BCUT2D eigenvalue weighted by Gasteiger charge is 2.55. The van der Waals surface area contributed by atoms with Crippen molar-refractivity contribution in [2.24, 2.45) is 0 Å². The quantitative estimate of drug-likeness (QED) is 0.928. The number of β-amino-alcohol motifs (C(OH)–C–C–N with tert-alkyl or cyclic N) is 1. The van der Waals surface area contributed by atoms with Gasteiger partial charge in [0.15, 0.2) is 5.60 Å². The fourth-order valence-corrected chi connectivity index (χ4v) is 2.42. The third kappa shape index (κ3) is 3.72. The molecule has 0 radical (unpaired) electrons. The molecule has 2 rings (SSSR count). The van der Waals surface area contributed by atoms with Gasteiger partial charge in [-0.3, -0.25) is 9.78 Å². The van der Waals surface area contributed by atoms with Crippen LogP contribution < -0.4 is 0 Å². The molecule has 2 heterocycles. The van der Waals surface area contributed by atoms with E-state index in [0.29, 0.717) is 12.1 Å². The first-order chi connectivity index (χ1) is 9.82. The molecule has 0 aromatic carbocycles. The lowest BCUT2D eigenvalue weighted by Gasteiger charge is -2.40. The molecule has 4 nitrogen and oxygen atoms in total. The Labute approximate surface area is 120 Å². The topological polar surface area (TPSA) is 53.4 Å². The summed E-state index contributed by atoms with van der Waals surface area (Å²) in [5.74, 6) is -0.386. The number of piperidine rings is 1. The van der Waals surface area contributed by atoms with Crippen LogP contribution in [0.5, 0.6) is 0 Å². The summed E-state index contributed by atoms with van der Waals surface area (Å²) in [6.45, 7) is -0.434. The number of amides is 1. The lowest BCUT2D eigenvalue weighted by Crippen LogP contribution is -2.58. The molecule has 1 amide bonds. The van der Waals surface area contributed by atoms with Crippen LogP contribution in [0.4, 0.5) is 13.2 Å². The second-order valence-corrected chi connectivity index (χ2v) is 5.27. The van der Waals surface area contributed by atoms with Crippen molar-refractivity contribution in [3.8, 4) is 0 Å². The van der Waals surface area contributed by atoms with Gasteiger partial charge in [0, 0.05) is 24.9 Å². The van der Waals surface area contributed by atoms with Crippen molar-refractivity contribution >= 4 is 5.91 Å². The molecule has 0 unspecified atom stereocenters. The molecular weight excluding hydrogens is 285 g/mol. The maximum Gasteiger partial charge on any atom is 0.418 e. The average Bonchev–Trinajstić information content (AvgIpc) is 2.45. The van der Waals surface area contributed by atoms with Crippen molar-refractivity contribution in [1.82, 2.24) is 9.88 Å². The predicted molar refractivity (Wildman–Crippen MR) is 69.4 cm³/mol. The van der Waals surface area contributed by atoms with Crippen LogP contribution in [0.3, 0.4) is 0 Å². The van der Waals surface area contributed by atoms with Crippen LogP contribution >= 0.6 is 0 Å². The fraction of sp³-hybridized carbons (Fsp3) is 0.571. The Morgan fingerprint density at radius 1 is 1.43 bits per heavy atom. The monoisotopic (exact) mass is 302 g/mol. The number of pyridine rings is 1. The number of hydrogen-bond donors (Lipinski definition) is 1. The number of likely N-dealkylation sites (tertiary alicyclic amines) is 1. The Morgan fingerprint density at radius 3 is 2.81 bits per heavy atom. The number of aryl methyl sites for hydroxylation is 1. The van der Waals surface area contributed by atoms with Crippen molar-refractivity contribution in [2.45, 2.75) is 37.5 Å². The van der Waals surface area contributed by atoms with E-state index in [1.54, 1.807) is 24.4 Å². The number of carbonyl (C=O) groups is 1. The number of nitrogens with zero attached hydrogens (tertiary/aromatic N) is 2. The minimum Gasteiger partial charge on any atom is -0.379 e. The molecule has 1 fully saturated rings. The Kier molecular flexibility index (Phi) is 4.51. The van der Waals surface area contributed by atoms with E-state index in [2.05, 4.69) is 4.98 Å². The van der Waals surface area contributed by atoms with Crippen molar-refractivity contribution in [1.29, 1.82) is 0 Å². The van der Waals surface area contributed by atoms with E-state index in [-0.39, 0.29) is 31.7 Å². The van der Waals surface area contributed by atoms with Crippen LogP contribution in [0.15, 0.2) is 24.4 Å². The molecule has 0 bridgehead atoms. The number of aliphatic hydroxyl groups is 1. The molecule has 1 aliphatic rings. The summed E-state index contributed by atoms with van der Waals surface area (Å²) in [5.41, 5.74) is -2.07. The fourth-order valence-electron chi connectivity index (χ4n) is 2.42. The summed E-state index contributed by atoms with van der Waals surface area (Å²) in [6.07, 6.45) is -2.87. The summed E-state index contributed by atoms with van der Waals surface area (Å²) < 4.78 is 38.4. The van der Waals surface area contributed by atoms with E-state index in [9.17, 15) is 23.1 Å². The molecule has 116 valence electrons. The molecule has 0 aliphatic carbocycles. The first-order valence-electron chi connectivity index (χ1n) is 6.79. The van der Waals surface area contributed by atoms with Gasteiger partial charge in [0.2, 0.25) is 5.91 Å². The zero-order valence-electron chi connectivity index (χ0n) is 11.4. The van der Waals surface area contributed by atoms with Gasteiger partial charge in [-0.1, -0.05) is 6.07 Å². The summed E-state index contributed by atoms with van der Waals surface area (Å²) in [7, 11) is 0. The molecule has 21 heavy (non-hydrogen) atoms. The second kappa shape index (κ2) is 6.01. The summed E-state index contributed by atoms with van der Waals surface area (Å²) in [5, 5.41) is 9.68. The van der Waals surface area contributed by atoms with Gasteiger partial charge in [-0.15, -0.1) is 0 Å². The highest BCUT2D eigenvalue weighted by Crippen LogP contribution is 2.37. The maximum atomic E-state index is 12.8. The first-order valence-corrected chi connectivity index (χ1v) is 6.79. The van der Waals surface area contributed by atoms with Gasteiger partial charge in [-0.2, -0.15) is 13.2 Å². The normalized spacial score (nSPS) is 23.1. The molecule has 7 heteroatoms. The van der Waals surface area contributed by atoms with Gasteiger partial charge in [0.25, 0.3) is 0 Å². The van der Waals surface area contributed by atoms with E-state index in [4.69, 9.17) is 0 Å². The van der Waals surface area contributed by atoms with Crippen LogP contribution in [0, 0.1) is 0 Å². The lowest BCUT2D eigenvalue weighted by atomic mass is 9.92. The predicted octanol–water partition coefficient (Wildman–Crippen LogP) is 1.93. The zero-order chi connectivity index (χ0) is 15.5. The van der Waals surface area contributed by atoms with E-state index in [0.717, 1.165) is 4.90 Å². The summed E-state index contributed by atoms with van der Waals surface area (Å²) >= 11 is 0. The number of halogens is 3. The van der Waals surface area contributed by atoms with Gasteiger partial charge in [0.05, 0.1) is 6.54 Å². The SMILES string of the molecule is O=C(CCc1ccccn1)N1CCC[C@](O)(C(F)(F)F)C1. The third-order valence-corrected chi connectivity index (χ3v) is 3.67. The Balaban J connectivity index is 1.94. The smallest absolute Gasteiger partial charge is 0.379 e. The highest BCUT2D eigenvalue weighted by molar-refractivity contribution is 5.76. The largest absolute Gasteiger partial charge is 0.418 e. The molecule has 1 atom stereocenters. The molecule has 0 spiro atoms. The van der Waals surface area contributed by atoms with Crippen LogP contribution in [0.1, 0.15) is 25.0 Å². The third-order valence-electron chi connectivity index (χ3n) is 3.67. The van der Waals surface area contributed by atoms with Gasteiger partial charge in [0.1, 0.15) is 0 Å². The van der Waals surface area contributed by atoms with Gasteiger partial charge in [-0.05, 0) is 31.4 Å². The Hall–Kier alpha value is -1.63. The van der Waals surface area contributed by atoms with E-state index in [1.165, 1.54) is 0 Å². The highest BCUT2D eigenvalue weighted by atomic mass is 19.4. The van der Waals surface area contributed by atoms with Crippen molar-refractivity contribution in [3.05, 3.63) is 30.1 Å². The summed E-state index contributed by atoms with van der Waals surface area (Å²) in [4.78, 5) is 17.2. The van der Waals surface area contributed by atoms with Crippen LogP contribution in [0.2, 0.25) is 0 Å². The number of hydrogen-bond acceptors (Lipinski definition) is 3. The Bertz CT molecular complexity index is 493. The molecule has 1 aromatic heterocycles. The van der Waals surface area contributed by atoms with Crippen molar-refractivity contribution in [2.75, 3.05) is 13.1 Å². The molecule has 1 aliphatic heterocycles. The van der Waals surface area contributed by atoms with Gasteiger partial charge in [-0.25, -0.2) is 0 Å². The zero-order valence-corrected chi connectivity index (χ0v) is 11.4. The van der Waals surface area contributed by atoms with E-state index in [1.807, 2.05) is 0 Å². The van der Waals surface area contributed by atoms with E-state index >= 15 is 0 Å². The average molecular weight is 302 g/mol. The molecule has 0 saturated carbocycles. The van der Waals surface area contributed by atoms with Crippen LogP contribution in [-0.2, 0) is 11.2 Å². The van der Waals surface area contributed by atoms with Gasteiger partial charge < -0.3 is 10.0 Å². The number of rotatable bonds is 3. The minimum absolute atomic E-state index is 0.0882. The molecule has 1 saturated heterocycles. The van der Waals surface area contributed by atoms with E-state index < -0.39 is 18.3 Å².